The largest absolute Gasteiger partial charge is 0.317 e. The molecule has 0 amide bonds. The lowest BCUT2D eigenvalue weighted by Gasteiger charge is -2.36. The lowest BCUT2D eigenvalue weighted by Crippen LogP contribution is -2.39. The van der Waals surface area contributed by atoms with Crippen LogP contribution >= 0.6 is 0 Å². The molecule has 112 valence electrons. The molecule has 0 aliphatic heterocycles. The highest BCUT2D eigenvalue weighted by Crippen LogP contribution is 2.37. The summed E-state index contributed by atoms with van der Waals surface area (Å²) >= 11 is 0. The van der Waals surface area contributed by atoms with E-state index in [0.29, 0.717) is 17.9 Å². The Morgan fingerprint density at radius 3 is 2.71 bits per heavy atom. The first-order valence-corrected chi connectivity index (χ1v) is 7.83. The van der Waals surface area contributed by atoms with Crippen molar-refractivity contribution in [2.75, 3.05) is 7.05 Å². The minimum atomic E-state index is 0.590. The molecule has 1 aromatic carbocycles. The molecule has 21 heavy (non-hydrogen) atoms. The van der Waals surface area contributed by atoms with Gasteiger partial charge in [-0.25, -0.2) is 0 Å². The predicted molar refractivity (Wildman–Crippen MR) is 84.1 cm³/mol. The van der Waals surface area contributed by atoms with E-state index < -0.39 is 0 Å². The third-order valence-electron chi connectivity index (χ3n) is 4.75. The maximum Gasteiger partial charge on any atom is 0.0830 e. The second-order valence-electron chi connectivity index (χ2n) is 6.16. The van der Waals surface area contributed by atoms with Gasteiger partial charge in [0, 0.05) is 19.3 Å². The van der Waals surface area contributed by atoms with Crippen LogP contribution in [0.2, 0.25) is 0 Å². The second-order valence-corrected chi connectivity index (χ2v) is 6.16. The molecule has 4 nitrogen and oxygen atoms in total. The van der Waals surface area contributed by atoms with Gasteiger partial charge in [-0.05, 0) is 50.1 Å². The molecule has 3 unspecified atom stereocenters. The Morgan fingerprint density at radius 1 is 1.24 bits per heavy atom. The molecule has 1 aromatic heterocycles. The van der Waals surface area contributed by atoms with Gasteiger partial charge in [0.25, 0.3) is 0 Å². The molecule has 0 bridgehead atoms. The maximum atomic E-state index is 4.26. The number of benzene rings is 1. The standard InChI is InChI=1S/C17H24N4/c1-18-17-9-8-14(13-6-4-3-5-7-13)10-15(17)11-16-12-21(2)20-19-16/h3-7,12,14-15,17-18H,8-11H2,1-2H3. The summed E-state index contributed by atoms with van der Waals surface area (Å²) < 4.78 is 1.79. The van der Waals surface area contributed by atoms with E-state index in [2.05, 4.69) is 53.0 Å². The molecule has 1 aliphatic carbocycles. The normalized spacial score (nSPS) is 25.9. The average Bonchev–Trinajstić information content (AvgIpc) is 2.93. The van der Waals surface area contributed by atoms with Crippen LogP contribution in [0.4, 0.5) is 0 Å². The monoisotopic (exact) mass is 284 g/mol. The highest BCUT2D eigenvalue weighted by molar-refractivity contribution is 5.20. The first-order chi connectivity index (χ1) is 10.3. The summed E-state index contributed by atoms with van der Waals surface area (Å²) in [6.45, 7) is 0. The zero-order valence-corrected chi connectivity index (χ0v) is 12.9. The van der Waals surface area contributed by atoms with Crippen LogP contribution in [0.15, 0.2) is 36.5 Å². The average molecular weight is 284 g/mol. The predicted octanol–water partition coefficient (Wildman–Crippen LogP) is 2.53. The van der Waals surface area contributed by atoms with Gasteiger partial charge in [-0.3, -0.25) is 4.68 Å². The van der Waals surface area contributed by atoms with Gasteiger partial charge in [-0.15, -0.1) is 5.10 Å². The van der Waals surface area contributed by atoms with Gasteiger partial charge >= 0.3 is 0 Å². The van der Waals surface area contributed by atoms with Crippen molar-refractivity contribution in [1.82, 2.24) is 20.3 Å². The van der Waals surface area contributed by atoms with Crippen LogP contribution in [-0.2, 0) is 13.5 Å². The zero-order chi connectivity index (χ0) is 14.7. The minimum absolute atomic E-state index is 0.590. The van der Waals surface area contributed by atoms with Crippen LogP contribution in [0.1, 0.15) is 36.4 Å². The van der Waals surface area contributed by atoms with E-state index in [9.17, 15) is 0 Å². The van der Waals surface area contributed by atoms with Gasteiger partial charge in [0.2, 0.25) is 0 Å². The molecule has 4 heteroatoms. The smallest absolute Gasteiger partial charge is 0.0830 e. The van der Waals surface area contributed by atoms with Crippen LogP contribution < -0.4 is 5.32 Å². The molecule has 1 saturated carbocycles. The van der Waals surface area contributed by atoms with E-state index in [-0.39, 0.29) is 0 Å². The SMILES string of the molecule is CNC1CCC(c2ccccc2)CC1Cc1cn(C)nn1. The van der Waals surface area contributed by atoms with Crippen LogP contribution in [0.25, 0.3) is 0 Å². The van der Waals surface area contributed by atoms with Gasteiger partial charge < -0.3 is 5.32 Å². The van der Waals surface area contributed by atoms with Crippen molar-refractivity contribution in [3.63, 3.8) is 0 Å². The Hall–Kier alpha value is -1.68. The van der Waals surface area contributed by atoms with E-state index in [1.807, 2.05) is 13.2 Å². The van der Waals surface area contributed by atoms with Crippen LogP contribution in [0.3, 0.4) is 0 Å². The van der Waals surface area contributed by atoms with Crippen LogP contribution in [0, 0.1) is 5.92 Å². The molecular formula is C17H24N4. The molecule has 1 fully saturated rings. The summed E-state index contributed by atoms with van der Waals surface area (Å²) in [6.07, 6.45) is 6.79. The summed E-state index contributed by atoms with van der Waals surface area (Å²) in [5.74, 6) is 1.31. The molecule has 0 saturated heterocycles. The Labute approximate surface area is 126 Å². The fourth-order valence-electron chi connectivity index (χ4n) is 3.66. The second kappa shape index (κ2) is 6.39. The van der Waals surface area contributed by atoms with Gasteiger partial charge in [-0.1, -0.05) is 35.5 Å². The number of nitrogens with one attached hydrogen (secondary N) is 1. The Kier molecular flexibility index (Phi) is 4.34. The Bertz CT molecular complexity index is 563. The number of nitrogens with zero attached hydrogens (tertiary/aromatic N) is 3. The number of aromatic nitrogens is 3. The highest BCUT2D eigenvalue weighted by Gasteiger charge is 2.30. The fraction of sp³-hybridized carbons (Fsp3) is 0.529. The highest BCUT2D eigenvalue weighted by atomic mass is 15.4. The van der Waals surface area contributed by atoms with E-state index in [1.54, 1.807) is 4.68 Å². The molecule has 3 atom stereocenters. The third-order valence-corrected chi connectivity index (χ3v) is 4.75. The minimum Gasteiger partial charge on any atom is -0.317 e. The zero-order valence-electron chi connectivity index (χ0n) is 12.9. The maximum absolute atomic E-state index is 4.26. The van der Waals surface area contributed by atoms with Gasteiger partial charge in [-0.2, -0.15) is 0 Å². The first-order valence-electron chi connectivity index (χ1n) is 7.83. The quantitative estimate of drug-likeness (QED) is 0.938. The summed E-state index contributed by atoms with van der Waals surface area (Å²) in [5.41, 5.74) is 2.59. The Morgan fingerprint density at radius 2 is 2.05 bits per heavy atom. The van der Waals surface area contributed by atoms with Crippen LogP contribution in [-0.4, -0.2) is 28.1 Å². The van der Waals surface area contributed by atoms with Crippen molar-refractivity contribution < 1.29 is 0 Å². The molecule has 1 N–H and O–H groups in total. The number of rotatable bonds is 4. The van der Waals surface area contributed by atoms with Crippen molar-refractivity contribution in [2.24, 2.45) is 13.0 Å². The van der Waals surface area contributed by atoms with E-state index in [0.717, 1.165) is 12.1 Å². The molecule has 2 aromatic rings. The summed E-state index contributed by atoms with van der Waals surface area (Å²) in [6, 6.07) is 11.5. The lowest BCUT2D eigenvalue weighted by atomic mass is 9.73. The summed E-state index contributed by atoms with van der Waals surface area (Å²) in [5, 5.41) is 11.8. The summed E-state index contributed by atoms with van der Waals surface area (Å²) in [4.78, 5) is 0. The lowest BCUT2D eigenvalue weighted by molar-refractivity contribution is 0.247. The fourth-order valence-corrected chi connectivity index (χ4v) is 3.66. The number of hydrogen-bond donors (Lipinski definition) is 1. The van der Waals surface area contributed by atoms with Gasteiger partial charge in [0.15, 0.2) is 0 Å². The molecule has 0 spiro atoms. The van der Waals surface area contributed by atoms with Crippen molar-refractivity contribution in [3.8, 4) is 0 Å². The molecule has 1 heterocycles. The van der Waals surface area contributed by atoms with E-state index >= 15 is 0 Å². The number of aryl methyl sites for hydroxylation is 1. The molecular weight excluding hydrogens is 260 g/mol. The van der Waals surface area contributed by atoms with E-state index in [1.165, 1.54) is 24.8 Å². The van der Waals surface area contributed by atoms with Crippen LogP contribution in [0.5, 0.6) is 0 Å². The van der Waals surface area contributed by atoms with Crippen molar-refractivity contribution in [1.29, 1.82) is 0 Å². The number of hydrogen-bond acceptors (Lipinski definition) is 3. The molecule has 3 rings (SSSR count). The van der Waals surface area contributed by atoms with Gasteiger partial charge in [0.05, 0.1) is 5.69 Å². The molecule has 0 radical (unpaired) electrons. The van der Waals surface area contributed by atoms with Crippen molar-refractivity contribution >= 4 is 0 Å². The van der Waals surface area contributed by atoms with Crippen molar-refractivity contribution in [2.45, 2.75) is 37.6 Å². The van der Waals surface area contributed by atoms with Gasteiger partial charge in [0.1, 0.15) is 0 Å². The Balaban J connectivity index is 1.72. The topological polar surface area (TPSA) is 42.7 Å². The molecule has 1 aliphatic rings. The van der Waals surface area contributed by atoms with Crippen molar-refractivity contribution in [3.05, 3.63) is 47.8 Å². The summed E-state index contributed by atoms with van der Waals surface area (Å²) in [7, 11) is 4.01. The first kappa shape index (κ1) is 14.3. The third kappa shape index (κ3) is 3.32. The van der Waals surface area contributed by atoms with E-state index in [4.69, 9.17) is 0 Å².